The molecule has 1 aliphatic heterocycles. The fraction of sp³-hybridized carbons (Fsp3) is 0.300. The third kappa shape index (κ3) is 3.83. The molecular formula is C20H19ClN2O3. The number of nitrogens with one attached hydrogen (secondary N) is 2. The lowest BCUT2D eigenvalue weighted by Gasteiger charge is -2.25. The molecule has 1 aliphatic carbocycles. The van der Waals surface area contributed by atoms with E-state index in [1.54, 1.807) is 30.3 Å². The highest BCUT2D eigenvalue weighted by Gasteiger charge is 2.30. The first-order valence-electron chi connectivity index (χ1n) is 8.71. The van der Waals surface area contributed by atoms with Gasteiger partial charge in [-0.1, -0.05) is 11.6 Å². The Kier molecular flexibility index (Phi) is 4.55. The minimum absolute atomic E-state index is 0.0498. The quantitative estimate of drug-likeness (QED) is 0.866. The molecule has 2 aromatic carbocycles. The number of fused-ring (bicyclic) bond motifs is 1. The maximum atomic E-state index is 12.3. The second-order valence-corrected chi connectivity index (χ2v) is 7.21. The van der Waals surface area contributed by atoms with Crippen LogP contribution in [0.3, 0.4) is 0 Å². The molecule has 1 atom stereocenters. The van der Waals surface area contributed by atoms with Gasteiger partial charge in [0.2, 0.25) is 5.91 Å². The van der Waals surface area contributed by atoms with Crippen LogP contribution in [0.1, 0.15) is 28.8 Å². The molecule has 2 amide bonds. The molecule has 0 saturated heterocycles. The molecule has 0 radical (unpaired) electrons. The van der Waals surface area contributed by atoms with Crippen molar-refractivity contribution < 1.29 is 14.3 Å². The van der Waals surface area contributed by atoms with Crippen LogP contribution >= 0.6 is 11.6 Å². The third-order valence-electron chi connectivity index (χ3n) is 4.63. The molecule has 6 heteroatoms. The fourth-order valence-corrected chi connectivity index (χ4v) is 3.12. The van der Waals surface area contributed by atoms with Crippen molar-refractivity contribution in [2.75, 3.05) is 11.9 Å². The van der Waals surface area contributed by atoms with Gasteiger partial charge >= 0.3 is 0 Å². The lowest BCUT2D eigenvalue weighted by Crippen LogP contribution is -2.38. The van der Waals surface area contributed by atoms with Crippen molar-refractivity contribution >= 4 is 29.1 Å². The number of amides is 2. The second kappa shape index (κ2) is 7.00. The van der Waals surface area contributed by atoms with E-state index in [4.69, 9.17) is 16.3 Å². The van der Waals surface area contributed by atoms with E-state index in [1.807, 2.05) is 12.1 Å². The zero-order valence-electron chi connectivity index (χ0n) is 14.1. The van der Waals surface area contributed by atoms with Crippen molar-refractivity contribution in [2.24, 2.45) is 5.92 Å². The Morgan fingerprint density at radius 3 is 2.58 bits per heavy atom. The molecular weight excluding hydrogens is 352 g/mol. The number of hydrogen-bond donors (Lipinski definition) is 2. The van der Waals surface area contributed by atoms with Crippen LogP contribution in [0.25, 0.3) is 0 Å². The molecule has 1 fully saturated rings. The van der Waals surface area contributed by atoms with Crippen molar-refractivity contribution in [3.05, 3.63) is 58.6 Å². The highest BCUT2D eigenvalue weighted by molar-refractivity contribution is 6.30. The maximum absolute atomic E-state index is 12.3. The van der Waals surface area contributed by atoms with Crippen LogP contribution in [0.5, 0.6) is 5.75 Å². The van der Waals surface area contributed by atoms with E-state index in [9.17, 15) is 9.59 Å². The Hall–Kier alpha value is -2.53. The predicted molar refractivity (Wildman–Crippen MR) is 99.7 cm³/mol. The maximum Gasteiger partial charge on any atom is 0.255 e. The van der Waals surface area contributed by atoms with Gasteiger partial charge < -0.3 is 15.4 Å². The van der Waals surface area contributed by atoms with Crippen molar-refractivity contribution in [1.82, 2.24) is 5.32 Å². The number of ether oxygens (including phenoxy) is 1. The number of carbonyl (C=O) groups is 2. The summed E-state index contributed by atoms with van der Waals surface area (Å²) in [6, 6.07) is 12.6. The summed E-state index contributed by atoms with van der Waals surface area (Å²) in [5, 5.41) is 6.49. The topological polar surface area (TPSA) is 67.4 Å². The van der Waals surface area contributed by atoms with Crippen molar-refractivity contribution in [3.8, 4) is 5.75 Å². The summed E-state index contributed by atoms with van der Waals surface area (Å²) in [7, 11) is 0. The Bertz CT molecular complexity index is 847. The molecule has 0 bridgehead atoms. The van der Waals surface area contributed by atoms with Crippen LogP contribution < -0.4 is 15.4 Å². The van der Waals surface area contributed by atoms with Gasteiger partial charge in [-0.2, -0.15) is 0 Å². The normalized spacial score (nSPS) is 18.4. The lowest BCUT2D eigenvalue weighted by molar-refractivity contribution is -0.126. The summed E-state index contributed by atoms with van der Waals surface area (Å²) < 4.78 is 5.73. The van der Waals surface area contributed by atoms with Crippen LogP contribution in [0, 0.1) is 5.92 Å². The molecule has 26 heavy (non-hydrogen) atoms. The van der Waals surface area contributed by atoms with E-state index in [-0.39, 0.29) is 17.7 Å². The molecule has 0 unspecified atom stereocenters. The van der Waals surface area contributed by atoms with Gasteiger partial charge in [0.25, 0.3) is 5.91 Å². The highest BCUT2D eigenvalue weighted by Crippen LogP contribution is 2.31. The van der Waals surface area contributed by atoms with Crippen molar-refractivity contribution in [1.29, 1.82) is 0 Å². The van der Waals surface area contributed by atoms with Crippen molar-refractivity contribution in [2.45, 2.75) is 25.3 Å². The van der Waals surface area contributed by atoms with Gasteiger partial charge in [0, 0.05) is 22.3 Å². The van der Waals surface area contributed by atoms with Crippen LogP contribution in [0.15, 0.2) is 42.5 Å². The first-order valence-corrected chi connectivity index (χ1v) is 9.09. The molecule has 0 aromatic heterocycles. The molecule has 134 valence electrons. The van der Waals surface area contributed by atoms with E-state index in [2.05, 4.69) is 10.6 Å². The molecule has 1 heterocycles. The van der Waals surface area contributed by atoms with Crippen LogP contribution in [0.2, 0.25) is 5.02 Å². The van der Waals surface area contributed by atoms with Gasteiger partial charge in [-0.15, -0.1) is 0 Å². The summed E-state index contributed by atoms with van der Waals surface area (Å²) >= 11 is 5.85. The Morgan fingerprint density at radius 2 is 1.85 bits per heavy atom. The van der Waals surface area contributed by atoms with Gasteiger partial charge in [-0.3, -0.25) is 9.59 Å². The number of hydrogen-bond acceptors (Lipinski definition) is 3. The van der Waals surface area contributed by atoms with Crippen LogP contribution in [-0.2, 0) is 11.2 Å². The molecule has 4 rings (SSSR count). The third-order valence-corrected chi connectivity index (χ3v) is 4.88. The van der Waals surface area contributed by atoms with Crippen LogP contribution in [0.4, 0.5) is 5.69 Å². The van der Waals surface area contributed by atoms with E-state index in [0.717, 1.165) is 24.2 Å². The lowest BCUT2D eigenvalue weighted by atomic mass is 9.95. The zero-order valence-corrected chi connectivity index (χ0v) is 14.9. The largest absolute Gasteiger partial charge is 0.492 e. The minimum Gasteiger partial charge on any atom is -0.492 e. The van der Waals surface area contributed by atoms with Crippen LogP contribution in [-0.4, -0.2) is 24.5 Å². The van der Waals surface area contributed by atoms with Gasteiger partial charge in [-0.25, -0.2) is 0 Å². The Balaban J connectivity index is 1.45. The van der Waals surface area contributed by atoms with Crippen molar-refractivity contribution in [3.63, 3.8) is 0 Å². The van der Waals surface area contributed by atoms with E-state index >= 15 is 0 Å². The monoisotopic (exact) mass is 370 g/mol. The summed E-state index contributed by atoms with van der Waals surface area (Å²) in [5.74, 6) is 0.422. The fourth-order valence-electron chi connectivity index (χ4n) is 2.99. The van der Waals surface area contributed by atoms with E-state index in [0.29, 0.717) is 35.3 Å². The number of rotatable bonds is 4. The second-order valence-electron chi connectivity index (χ2n) is 6.78. The first kappa shape index (κ1) is 16.9. The molecule has 2 aromatic rings. The smallest absolute Gasteiger partial charge is 0.255 e. The highest BCUT2D eigenvalue weighted by atomic mass is 35.5. The SMILES string of the molecule is O=C(Nc1ccc2c(c1)C[C@H](C(=O)NC1CC1)CO2)c1ccc(Cl)cc1. The number of anilines is 1. The number of carbonyl (C=O) groups excluding carboxylic acids is 2. The first-order chi connectivity index (χ1) is 12.6. The number of benzene rings is 2. The Labute approximate surface area is 156 Å². The average Bonchev–Trinajstić information content (AvgIpc) is 3.45. The minimum atomic E-state index is -0.207. The van der Waals surface area contributed by atoms with Gasteiger partial charge in [0.05, 0.1) is 5.92 Å². The molecule has 2 aliphatic rings. The average molecular weight is 371 g/mol. The van der Waals surface area contributed by atoms with Gasteiger partial charge in [0.15, 0.2) is 0 Å². The summed E-state index contributed by atoms with van der Waals surface area (Å²) in [5.41, 5.74) is 2.14. The summed E-state index contributed by atoms with van der Waals surface area (Å²) in [6.07, 6.45) is 2.74. The summed E-state index contributed by atoms with van der Waals surface area (Å²) in [6.45, 7) is 0.391. The molecule has 2 N–H and O–H groups in total. The Morgan fingerprint density at radius 1 is 1.08 bits per heavy atom. The van der Waals surface area contributed by atoms with Gasteiger partial charge in [-0.05, 0) is 67.3 Å². The molecule has 0 spiro atoms. The number of halogens is 1. The van der Waals surface area contributed by atoms with E-state index < -0.39 is 0 Å². The molecule has 5 nitrogen and oxygen atoms in total. The van der Waals surface area contributed by atoms with Gasteiger partial charge in [0.1, 0.15) is 12.4 Å². The standard InChI is InChI=1S/C20H19ClN2O3/c21-15-3-1-12(2-4-15)19(24)23-17-7-8-18-13(10-17)9-14(11-26-18)20(25)22-16-5-6-16/h1-4,7-8,10,14,16H,5-6,9,11H2,(H,22,25)(H,23,24)/t14-/m0/s1. The molecule has 1 saturated carbocycles. The van der Waals surface area contributed by atoms with E-state index in [1.165, 1.54) is 0 Å². The zero-order chi connectivity index (χ0) is 18.1. The summed E-state index contributed by atoms with van der Waals surface area (Å²) in [4.78, 5) is 24.6. The predicted octanol–water partition coefficient (Wildman–Crippen LogP) is 3.42.